The molecule has 2 rings (SSSR count). The van der Waals surface area contributed by atoms with E-state index in [1.54, 1.807) is 0 Å². The molecule has 0 aliphatic carbocycles. The number of amides is 1. The first-order valence-electron chi connectivity index (χ1n) is 7.94. The predicted octanol–water partition coefficient (Wildman–Crippen LogP) is 2.15. The molecular formula is C15H27ClN4O2. The minimum absolute atomic E-state index is 0. The fourth-order valence-corrected chi connectivity index (χ4v) is 2.62. The van der Waals surface area contributed by atoms with Gasteiger partial charge in [0.1, 0.15) is 0 Å². The Hall–Kier alpha value is -1.14. The number of nitrogens with one attached hydrogen (secondary N) is 1. The Morgan fingerprint density at radius 2 is 2.27 bits per heavy atom. The van der Waals surface area contributed by atoms with Crippen molar-refractivity contribution in [3.05, 3.63) is 11.7 Å². The van der Waals surface area contributed by atoms with Crippen LogP contribution in [0.25, 0.3) is 0 Å². The van der Waals surface area contributed by atoms with Gasteiger partial charge in [-0.15, -0.1) is 12.4 Å². The molecule has 1 aliphatic heterocycles. The van der Waals surface area contributed by atoms with Crippen LogP contribution in [-0.4, -0.2) is 46.6 Å². The summed E-state index contributed by atoms with van der Waals surface area (Å²) < 4.78 is 5.20. The lowest BCUT2D eigenvalue weighted by atomic mass is 10.1. The van der Waals surface area contributed by atoms with Crippen molar-refractivity contribution in [3.63, 3.8) is 0 Å². The molecule has 1 aromatic rings. The molecule has 1 unspecified atom stereocenters. The molecule has 126 valence electrons. The lowest BCUT2D eigenvalue weighted by Gasteiger charge is -2.28. The highest BCUT2D eigenvalue weighted by Crippen LogP contribution is 2.14. The number of rotatable bonds is 7. The minimum Gasteiger partial charge on any atom is -0.339 e. The highest BCUT2D eigenvalue weighted by atomic mass is 35.5. The number of hydrogen-bond donors (Lipinski definition) is 1. The van der Waals surface area contributed by atoms with Crippen molar-refractivity contribution in [1.29, 1.82) is 0 Å². The summed E-state index contributed by atoms with van der Waals surface area (Å²) in [5.41, 5.74) is 0. The van der Waals surface area contributed by atoms with E-state index in [1.807, 2.05) is 18.7 Å². The molecule has 0 radical (unpaired) electrons. The number of hydrogen-bond acceptors (Lipinski definition) is 5. The monoisotopic (exact) mass is 330 g/mol. The third kappa shape index (κ3) is 4.95. The van der Waals surface area contributed by atoms with Gasteiger partial charge < -0.3 is 14.7 Å². The summed E-state index contributed by atoms with van der Waals surface area (Å²) in [5.74, 6) is 1.71. The summed E-state index contributed by atoms with van der Waals surface area (Å²) in [4.78, 5) is 18.8. The fraction of sp³-hybridized carbons (Fsp3) is 0.800. The second kappa shape index (κ2) is 9.10. The molecule has 1 atom stereocenters. The van der Waals surface area contributed by atoms with Crippen LogP contribution in [0.2, 0.25) is 0 Å². The lowest BCUT2D eigenvalue weighted by Crippen LogP contribution is -2.42. The average Bonchev–Trinajstić information content (AvgIpc) is 3.13. The first-order chi connectivity index (χ1) is 10.1. The van der Waals surface area contributed by atoms with E-state index in [4.69, 9.17) is 4.52 Å². The Bertz CT molecular complexity index is 458. The van der Waals surface area contributed by atoms with E-state index in [0.717, 1.165) is 32.5 Å². The van der Waals surface area contributed by atoms with Crippen molar-refractivity contribution in [1.82, 2.24) is 20.4 Å². The molecule has 1 amide bonds. The van der Waals surface area contributed by atoms with Gasteiger partial charge in [0.15, 0.2) is 5.82 Å². The van der Waals surface area contributed by atoms with Crippen molar-refractivity contribution < 1.29 is 9.32 Å². The van der Waals surface area contributed by atoms with Crippen LogP contribution < -0.4 is 5.32 Å². The van der Waals surface area contributed by atoms with Gasteiger partial charge in [0.05, 0.1) is 0 Å². The van der Waals surface area contributed by atoms with Crippen LogP contribution in [-0.2, 0) is 11.2 Å². The number of aryl methyl sites for hydroxylation is 1. The van der Waals surface area contributed by atoms with E-state index < -0.39 is 0 Å². The SMILES string of the molecule is CCCN(C(=O)CCc1nc(C(C)C)no1)C1CCNC1.Cl. The second-order valence-corrected chi connectivity index (χ2v) is 5.93. The molecule has 0 saturated carbocycles. The molecule has 6 nitrogen and oxygen atoms in total. The van der Waals surface area contributed by atoms with Crippen LogP contribution in [0.15, 0.2) is 4.52 Å². The zero-order chi connectivity index (χ0) is 15.2. The summed E-state index contributed by atoms with van der Waals surface area (Å²) in [6, 6.07) is 0.339. The van der Waals surface area contributed by atoms with E-state index >= 15 is 0 Å². The number of nitrogens with zero attached hydrogens (tertiary/aromatic N) is 3. The third-order valence-corrected chi connectivity index (χ3v) is 3.81. The van der Waals surface area contributed by atoms with E-state index in [9.17, 15) is 4.79 Å². The molecule has 1 fully saturated rings. The number of halogens is 1. The maximum atomic E-state index is 12.4. The smallest absolute Gasteiger partial charge is 0.227 e. The molecule has 7 heteroatoms. The second-order valence-electron chi connectivity index (χ2n) is 5.93. The molecule has 1 saturated heterocycles. The number of aromatic nitrogens is 2. The Kier molecular flexibility index (Phi) is 7.82. The molecule has 2 heterocycles. The van der Waals surface area contributed by atoms with Crippen LogP contribution in [0.3, 0.4) is 0 Å². The van der Waals surface area contributed by atoms with Crippen molar-refractivity contribution in [2.24, 2.45) is 0 Å². The molecule has 0 aromatic carbocycles. The molecule has 22 heavy (non-hydrogen) atoms. The van der Waals surface area contributed by atoms with Crippen molar-refractivity contribution >= 4 is 18.3 Å². The largest absolute Gasteiger partial charge is 0.339 e. The van der Waals surface area contributed by atoms with Gasteiger partial charge in [0.25, 0.3) is 0 Å². The van der Waals surface area contributed by atoms with Gasteiger partial charge in [-0.1, -0.05) is 25.9 Å². The maximum absolute atomic E-state index is 12.4. The average molecular weight is 331 g/mol. The van der Waals surface area contributed by atoms with Gasteiger partial charge in [-0.3, -0.25) is 4.79 Å². The van der Waals surface area contributed by atoms with Gasteiger partial charge in [0.2, 0.25) is 11.8 Å². The Balaban J connectivity index is 0.00000242. The Labute approximate surface area is 138 Å². The number of carbonyl (C=O) groups excluding carboxylic acids is 1. The summed E-state index contributed by atoms with van der Waals surface area (Å²) >= 11 is 0. The lowest BCUT2D eigenvalue weighted by molar-refractivity contribution is -0.133. The van der Waals surface area contributed by atoms with Crippen molar-refractivity contribution in [3.8, 4) is 0 Å². The summed E-state index contributed by atoms with van der Waals surface area (Å²) in [7, 11) is 0. The van der Waals surface area contributed by atoms with Gasteiger partial charge in [-0.05, 0) is 19.4 Å². The third-order valence-electron chi connectivity index (χ3n) is 3.81. The molecule has 1 aromatic heterocycles. The summed E-state index contributed by atoms with van der Waals surface area (Å²) in [6.07, 6.45) is 3.00. The normalized spacial score (nSPS) is 17.5. The van der Waals surface area contributed by atoms with Crippen LogP contribution in [0.1, 0.15) is 57.7 Å². The van der Waals surface area contributed by atoms with Crippen molar-refractivity contribution in [2.45, 2.75) is 58.4 Å². The summed E-state index contributed by atoms with van der Waals surface area (Å²) in [6.45, 7) is 8.89. The Morgan fingerprint density at radius 1 is 1.50 bits per heavy atom. The highest BCUT2D eigenvalue weighted by Gasteiger charge is 2.25. The first kappa shape index (κ1) is 18.9. The van der Waals surface area contributed by atoms with E-state index in [0.29, 0.717) is 30.6 Å². The molecule has 1 N–H and O–H groups in total. The predicted molar refractivity (Wildman–Crippen MR) is 87.2 cm³/mol. The molecule has 0 spiro atoms. The quantitative estimate of drug-likeness (QED) is 0.829. The van der Waals surface area contributed by atoms with Crippen molar-refractivity contribution in [2.75, 3.05) is 19.6 Å². The van der Waals surface area contributed by atoms with E-state index in [1.165, 1.54) is 0 Å². The highest BCUT2D eigenvalue weighted by molar-refractivity contribution is 5.85. The topological polar surface area (TPSA) is 71.3 Å². The van der Waals surface area contributed by atoms with Crippen LogP contribution in [0.5, 0.6) is 0 Å². The van der Waals surface area contributed by atoms with E-state index in [-0.39, 0.29) is 24.2 Å². The maximum Gasteiger partial charge on any atom is 0.227 e. The zero-order valence-corrected chi connectivity index (χ0v) is 14.5. The van der Waals surface area contributed by atoms with Crippen LogP contribution in [0.4, 0.5) is 0 Å². The van der Waals surface area contributed by atoms with Gasteiger partial charge >= 0.3 is 0 Å². The van der Waals surface area contributed by atoms with E-state index in [2.05, 4.69) is 22.4 Å². The number of carbonyl (C=O) groups is 1. The van der Waals surface area contributed by atoms with Gasteiger partial charge in [-0.25, -0.2) is 0 Å². The molecule has 0 bridgehead atoms. The first-order valence-corrected chi connectivity index (χ1v) is 7.94. The van der Waals surface area contributed by atoms with Crippen LogP contribution in [0, 0.1) is 0 Å². The van der Waals surface area contributed by atoms with Gasteiger partial charge in [0, 0.05) is 37.9 Å². The Morgan fingerprint density at radius 3 is 2.82 bits per heavy atom. The van der Waals surface area contributed by atoms with Gasteiger partial charge in [-0.2, -0.15) is 4.98 Å². The standard InChI is InChI=1S/C15H26N4O2.ClH/c1-4-9-19(12-7-8-16-10-12)14(20)6-5-13-17-15(11(2)3)18-21-13;/h11-12,16H,4-10H2,1-3H3;1H. The zero-order valence-electron chi connectivity index (χ0n) is 13.7. The summed E-state index contributed by atoms with van der Waals surface area (Å²) in [5, 5.41) is 7.25. The fourth-order valence-electron chi connectivity index (χ4n) is 2.62. The molecular weight excluding hydrogens is 304 g/mol. The molecule has 1 aliphatic rings. The minimum atomic E-state index is 0. The van der Waals surface area contributed by atoms with Crippen LogP contribution >= 0.6 is 12.4 Å².